The van der Waals surface area contributed by atoms with Crippen molar-refractivity contribution < 1.29 is 0 Å². The van der Waals surface area contributed by atoms with Crippen LogP contribution in [0.5, 0.6) is 0 Å². The summed E-state index contributed by atoms with van der Waals surface area (Å²) < 4.78 is 0. The Morgan fingerprint density at radius 1 is 1.22 bits per heavy atom. The van der Waals surface area contributed by atoms with E-state index in [-0.39, 0.29) is 0 Å². The van der Waals surface area contributed by atoms with Gasteiger partial charge in [-0.25, -0.2) is 4.98 Å². The Hall–Kier alpha value is -0.970. The lowest BCUT2D eigenvalue weighted by molar-refractivity contribution is 0.747. The van der Waals surface area contributed by atoms with Crippen molar-refractivity contribution in [2.45, 2.75) is 33.1 Å². The minimum absolute atomic E-state index is 0.702. The molecule has 0 aliphatic carbocycles. The van der Waals surface area contributed by atoms with E-state index in [0.717, 1.165) is 24.5 Å². The zero-order chi connectivity index (χ0) is 13.2. The molecule has 1 aromatic rings. The van der Waals surface area contributed by atoms with Gasteiger partial charge >= 0.3 is 0 Å². The molecule has 0 aromatic carbocycles. The van der Waals surface area contributed by atoms with Gasteiger partial charge in [-0.3, -0.25) is 0 Å². The zero-order valence-corrected chi connectivity index (χ0v) is 12.4. The van der Waals surface area contributed by atoms with E-state index in [4.69, 9.17) is 0 Å². The van der Waals surface area contributed by atoms with Crippen molar-refractivity contribution in [1.29, 1.82) is 0 Å². The monoisotopic (exact) mass is 268 g/mol. The van der Waals surface area contributed by atoms with Gasteiger partial charge in [0.2, 0.25) is 5.95 Å². The summed E-state index contributed by atoms with van der Waals surface area (Å²) in [6, 6.07) is 0. The number of thioether (sulfide) groups is 1. The Labute approximate surface area is 114 Å². The third-order valence-electron chi connectivity index (χ3n) is 2.62. The molecule has 0 spiro atoms. The van der Waals surface area contributed by atoms with Crippen molar-refractivity contribution in [2.24, 2.45) is 0 Å². The maximum atomic E-state index is 4.46. The second-order valence-electron chi connectivity index (χ2n) is 4.24. The van der Waals surface area contributed by atoms with Gasteiger partial charge in [0.15, 0.2) is 0 Å². The lowest BCUT2D eigenvalue weighted by atomic mass is 10.2. The fourth-order valence-electron chi connectivity index (χ4n) is 1.62. The number of aryl methyl sites for hydroxylation is 1. The molecule has 0 saturated heterocycles. The molecule has 0 bridgehead atoms. The topological polar surface area (TPSA) is 49.8 Å². The molecule has 1 heterocycles. The number of anilines is 2. The van der Waals surface area contributed by atoms with Crippen LogP contribution >= 0.6 is 11.8 Å². The van der Waals surface area contributed by atoms with Crippen LogP contribution in [0.25, 0.3) is 0 Å². The van der Waals surface area contributed by atoms with Crippen LogP contribution in [0.1, 0.15) is 31.7 Å². The van der Waals surface area contributed by atoms with Crippen molar-refractivity contribution in [1.82, 2.24) is 9.97 Å². The summed E-state index contributed by atoms with van der Waals surface area (Å²) in [5, 5.41) is 6.52. The molecule has 0 fully saturated rings. The van der Waals surface area contributed by atoms with Gasteiger partial charge in [-0.05, 0) is 38.7 Å². The van der Waals surface area contributed by atoms with Crippen molar-refractivity contribution in [3.8, 4) is 0 Å². The van der Waals surface area contributed by atoms with Crippen LogP contribution in [0.4, 0.5) is 11.8 Å². The van der Waals surface area contributed by atoms with Gasteiger partial charge in [0, 0.05) is 24.8 Å². The van der Waals surface area contributed by atoms with Gasteiger partial charge in [-0.15, -0.1) is 0 Å². The first kappa shape index (κ1) is 15.1. The van der Waals surface area contributed by atoms with Crippen molar-refractivity contribution in [2.75, 3.05) is 35.7 Å². The van der Waals surface area contributed by atoms with Crippen LogP contribution < -0.4 is 10.6 Å². The highest BCUT2D eigenvalue weighted by molar-refractivity contribution is 7.98. The minimum Gasteiger partial charge on any atom is -0.370 e. The van der Waals surface area contributed by atoms with Gasteiger partial charge < -0.3 is 10.6 Å². The Kier molecular flexibility index (Phi) is 7.57. The van der Waals surface area contributed by atoms with E-state index < -0.39 is 0 Å². The van der Waals surface area contributed by atoms with E-state index >= 15 is 0 Å². The van der Waals surface area contributed by atoms with Crippen LogP contribution in [-0.2, 0) is 0 Å². The molecule has 0 radical (unpaired) electrons. The fourth-order valence-corrected chi connectivity index (χ4v) is 2.11. The molecule has 1 aromatic heterocycles. The maximum Gasteiger partial charge on any atom is 0.224 e. The van der Waals surface area contributed by atoms with Gasteiger partial charge in [0.25, 0.3) is 0 Å². The summed E-state index contributed by atoms with van der Waals surface area (Å²) >= 11 is 1.92. The standard InChI is InChI=1S/C13H24N4S/c1-4-14-13-16-10-11(2)12(17-13)15-8-6-5-7-9-18-3/h10H,4-9H2,1-3H3,(H2,14,15,16,17). The number of unbranched alkanes of at least 4 members (excludes halogenated alkanes) is 2. The van der Waals surface area contributed by atoms with Gasteiger partial charge in [0.05, 0.1) is 0 Å². The number of nitrogens with one attached hydrogen (secondary N) is 2. The lowest BCUT2D eigenvalue weighted by Crippen LogP contribution is -2.09. The smallest absolute Gasteiger partial charge is 0.224 e. The van der Waals surface area contributed by atoms with Crippen LogP contribution in [-0.4, -0.2) is 35.1 Å². The minimum atomic E-state index is 0.702. The molecule has 0 aliphatic heterocycles. The Bertz CT molecular complexity index is 344. The SMILES string of the molecule is CCNc1ncc(C)c(NCCCCCSC)n1. The number of rotatable bonds is 9. The molecule has 0 aliphatic rings. The summed E-state index contributed by atoms with van der Waals surface area (Å²) in [5.74, 6) is 2.91. The Morgan fingerprint density at radius 3 is 2.78 bits per heavy atom. The highest BCUT2D eigenvalue weighted by Crippen LogP contribution is 2.12. The normalized spacial score (nSPS) is 10.4. The molecule has 5 heteroatoms. The summed E-state index contributed by atoms with van der Waals surface area (Å²) in [6.07, 6.45) is 7.79. The quantitative estimate of drug-likeness (QED) is 0.674. The molecule has 0 unspecified atom stereocenters. The number of hydrogen-bond acceptors (Lipinski definition) is 5. The Balaban J connectivity index is 2.34. The molecule has 102 valence electrons. The van der Waals surface area contributed by atoms with Crippen LogP contribution in [0.2, 0.25) is 0 Å². The first-order chi connectivity index (χ1) is 8.77. The highest BCUT2D eigenvalue weighted by atomic mass is 32.2. The molecule has 4 nitrogen and oxygen atoms in total. The average molecular weight is 268 g/mol. The predicted octanol–water partition coefficient (Wildman–Crippen LogP) is 3.16. The molecule has 1 rings (SSSR count). The molecule has 0 saturated carbocycles. The summed E-state index contributed by atoms with van der Waals surface area (Å²) in [6.45, 7) is 5.91. The van der Waals surface area contributed by atoms with Crippen LogP contribution in [0, 0.1) is 6.92 Å². The zero-order valence-electron chi connectivity index (χ0n) is 11.6. The molecule has 0 amide bonds. The average Bonchev–Trinajstić information content (AvgIpc) is 2.37. The van der Waals surface area contributed by atoms with E-state index in [0.29, 0.717) is 5.95 Å². The first-order valence-corrected chi connectivity index (χ1v) is 7.97. The second-order valence-corrected chi connectivity index (χ2v) is 5.22. The van der Waals surface area contributed by atoms with Crippen molar-refractivity contribution in [3.63, 3.8) is 0 Å². The summed E-state index contributed by atoms with van der Waals surface area (Å²) in [7, 11) is 0. The molecular formula is C13H24N4S. The van der Waals surface area contributed by atoms with Gasteiger partial charge in [-0.1, -0.05) is 6.42 Å². The maximum absolute atomic E-state index is 4.46. The fraction of sp³-hybridized carbons (Fsp3) is 0.692. The van der Waals surface area contributed by atoms with Crippen LogP contribution in [0.15, 0.2) is 6.20 Å². The van der Waals surface area contributed by atoms with Gasteiger partial charge in [0.1, 0.15) is 5.82 Å². The first-order valence-electron chi connectivity index (χ1n) is 6.58. The highest BCUT2D eigenvalue weighted by Gasteiger charge is 2.02. The van der Waals surface area contributed by atoms with E-state index in [1.807, 2.05) is 31.8 Å². The third-order valence-corrected chi connectivity index (χ3v) is 3.32. The lowest BCUT2D eigenvalue weighted by Gasteiger charge is -2.10. The predicted molar refractivity (Wildman–Crippen MR) is 81.7 cm³/mol. The van der Waals surface area contributed by atoms with E-state index in [1.54, 1.807) is 0 Å². The van der Waals surface area contributed by atoms with E-state index in [9.17, 15) is 0 Å². The van der Waals surface area contributed by atoms with Gasteiger partial charge in [-0.2, -0.15) is 16.7 Å². The number of hydrogen-bond donors (Lipinski definition) is 2. The van der Waals surface area contributed by atoms with Crippen molar-refractivity contribution in [3.05, 3.63) is 11.8 Å². The molecular weight excluding hydrogens is 244 g/mol. The summed E-state index contributed by atoms with van der Waals surface area (Å²) in [4.78, 5) is 8.69. The third kappa shape index (κ3) is 5.58. The van der Waals surface area contributed by atoms with Crippen molar-refractivity contribution >= 4 is 23.5 Å². The molecule has 0 atom stereocenters. The second kappa shape index (κ2) is 9.03. The summed E-state index contributed by atoms with van der Waals surface area (Å²) in [5.41, 5.74) is 1.10. The number of nitrogens with zero attached hydrogens (tertiary/aromatic N) is 2. The van der Waals surface area contributed by atoms with E-state index in [2.05, 4.69) is 26.9 Å². The molecule has 2 N–H and O–H groups in total. The molecule has 18 heavy (non-hydrogen) atoms. The van der Waals surface area contributed by atoms with E-state index in [1.165, 1.54) is 25.0 Å². The number of aromatic nitrogens is 2. The van der Waals surface area contributed by atoms with Crippen LogP contribution in [0.3, 0.4) is 0 Å². The Morgan fingerprint density at radius 2 is 2.06 bits per heavy atom. The largest absolute Gasteiger partial charge is 0.370 e.